The summed E-state index contributed by atoms with van der Waals surface area (Å²) < 4.78 is 4.64. The number of carbonyl (C=O) groups excluding carboxylic acids is 1. The average Bonchev–Trinajstić information content (AvgIpc) is 2.28. The van der Waals surface area contributed by atoms with Crippen LogP contribution in [0.15, 0.2) is 16.8 Å². The maximum atomic E-state index is 10.6. The molecular weight excluding hydrogens is 228 g/mol. The Bertz CT molecular complexity index is 349. The molecule has 0 aliphatic heterocycles. The quantitative estimate of drug-likeness (QED) is 0.250. The van der Waals surface area contributed by atoms with E-state index in [4.69, 9.17) is 5.21 Å². The number of rotatable bonds is 6. The van der Waals surface area contributed by atoms with Crippen LogP contribution in [-0.4, -0.2) is 34.5 Å². The van der Waals surface area contributed by atoms with Crippen molar-refractivity contribution in [3.05, 3.63) is 21.8 Å². The molecule has 1 atom stereocenters. The molecule has 0 aliphatic carbocycles. The van der Waals surface area contributed by atoms with E-state index < -0.39 is 16.9 Å². The molecule has 0 rings (SSSR count). The Hall–Kier alpha value is -1.92. The number of nitro groups is 1. The normalized spacial score (nSPS) is 14.3. The molecule has 0 bridgehead atoms. The van der Waals surface area contributed by atoms with Gasteiger partial charge in [-0.1, -0.05) is 12.1 Å². The zero-order chi connectivity index (χ0) is 13.4. The van der Waals surface area contributed by atoms with Crippen LogP contribution in [0.2, 0.25) is 0 Å². The van der Waals surface area contributed by atoms with Gasteiger partial charge < -0.3 is 9.94 Å². The first-order valence-electron chi connectivity index (χ1n) is 5.10. The molecule has 1 unspecified atom stereocenters. The predicted octanol–water partition coefficient (Wildman–Crippen LogP) is 1.38. The smallest absolute Gasteiger partial charge is 0.303 e. The predicted molar refractivity (Wildman–Crippen MR) is 60.7 cm³/mol. The fraction of sp³-hybridized carbons (Fsp3) is 0.600. The molecule has 0 aromatic carbocycles. The summed E-state index contributed by atoms with van der Waals surface area (Å²) in [6, 6.07) is -0.867. The molecule has 0 heterocycles. The van der Waals surface area contributed by atoms with E-state index in [0.717, 1.165) is 0 Å². The number of carbonyl (C=O) groups is 1. The Kier molecular flexibility index (Phi) is 6.54. The van der Waals surface area contributed by atoms with Gasteiger partial charge in [-0.3, -0.25) is 14.9 Å². The van der Waals surface area contributed by atoms with Crippen LogP contribution in [0.5, 0.6) is 0 Å². The number of nitrogens with zero attached hydrogens (tertiary/aromatic N) is 2. The van der Waals surface area contributed by atoms with Crippen molar-refractivity contribution in [2.45, 2.75) is 33.2 Å². The minimum Gasteiger partial charge on any atom is -0.459 e. The van der Waals surface area contributed by atoms with Gasteiger partial charge in [-0.15, -0.1) is 0 Å². The van der Waals surface area contributed by atoms with E-state index in [2.05, 4.69) is 9.89 Å². The highest BCUT2D eigenvalue weighted by Gasteiger charge is 2.18. The summed E-state index contributed by atoms with van der Waals surface area (Å²) in [5.41, 5.74) is 0.570. The first-order valence-corrected chi connectivity index (χ1v) is 5.10. The molecule has 0 amide bonds. The van der Waals surface area contributed by atoms with Crippen LogP contribution < -0.4 is 0 Å². The molecule has 0 aromatic rings. The van der Waals surface area contributed by atoms with E-state index >= 15 is 0 Å². The lowest BCUT2D eigenvalue weighted by atomic mass is 10.1. The van der Waals surface area contributed by atoms with Gasteiger partial charge in [0.2, 0.25) is 6.04 Å². The second kappa shape index (κ2) is 7.37. The molecule has 1 N–H and O–H groups in total. The van der Waals surface area contributed by atoms with Crippen LogP contribution >= 0.6 is 0 Å². The molecule has 0 aromatic heterocycles. The Morgan fingerprint density at radius 2 is 2.24 bits per heavy atom. The van der Waals surface area contributed by atoms with E-state index in [1.165, 1.54) is 19.9 Å². The van der Waals surface area contributed by atoms with Crippen molar-refractivity contribution >= 4 is 11.7 Å². The third-order valence-electron chi connectivity index (χ3n) is 2.16. The summed E-state index contributed by atoms with van der Waals surface area (Å²) in [7, 11) is 0. The number of oxime groups is 1. The molecule has 7 heteroatoms. The van der Waals surface area contributed by atoms with Gasteiger partial charge in [0.25, 0.3) is 0 Å². The summed E-state index contributed by atoms with van der Waals surface area (Å²) in [6.07, 6.45) is 1.82. The minimum absolute atomic E-state index is 0.0748. The molecule has 0 saturated carbocycles. The standard InChI is InChI=1S/C10H16N2O5/c1-4-9(7(2)12(15)16)5-10(11-14)6-17-8(3)13/h5,7,14H,4,6H2,1-3H3. The van der Waals surface area contributed by atoms with Crippen LogP contribution in [0.4, 0.5) is 0 Å². The maximum absolute atomic E-state index is 10.6. The molecule has 0 spiro atoms. The lowest BCUT2D eigenvalue weighted by Crippen LogP contribution is -2.19. The Labute approximate surface area is 98.9 Å². The van der Waals surface area contributed by atoms with E-state index in [9.17, 15) is 14.9 Å². The van der Waals surface area contributed by atoms with Gasteiger partial charge in [-0.25, -0.2) is 0 Å². The van der Waals surface area contributed by atoms with Crippen LogP contribution in [0, 0.1) is 10.1 Å². The van der Waals surface area contributed by atoms with Gasteiger partial charge in [0.05, 0.1) is 0 Å². The molecular formula is C10H16N2O5. The first-order chi connectivity index (χ1) is 7.92. The van der Waals surface area contributed by atoms with Crippen molar-refractivity contribution in [2.75, 3.05) is 6.61 Å². The Morgan fingerprint density at radius 1 is 1.65 bits per heavy atom. The molecule has 96 valence electrons. The lowest BCUT2D eigenvalue weighted by Gasteiger charge is -2.07. The maximum Gasteiger partial charge on any atom is 0.303 e. The van der Waals surface area contributed by atoms with Gasteiger partial charge in [0.1, 0.15) is 12.3 Å². The van der Waals surface area contributed by atoms with Crippen molar-refractivity contribution in [1.82, 2.24) is 0 Å². The zero-order valence-corrected chi connectivity index (χ0v) is 10.0. The van der Waals surface area contributed by atoms with Crippen molar-refractivity contribution in [3.8, 4) is 0 Å². The second-order valence-corrected chi connectivity index (χ2v) is 3.41. The second-order valence-electron chi connectivity index (χ2n) is 3.41. The number of hydrogen-bond donors (Lipinski definition) is 1. The van der Waals surface area contributed by atoms with E-state index in [0.29, 0.717) is 12.0 Å². The van der Waals surface area contributed by atoms with Crippen molar-refractivity contribution in [3.63, 3.8) is 0 Å². The summed E-state index contributed by atoms with van der Waals surface area (Å²) in [5.74, 6) is -0.514. The van der Waals surface area contributed by atoms with Crippen molar-refractivity contribution in [2.24, 2.45) is 5.16 Å². The summed E-state index contributed by atoms with van der Waals surface area (Å²) in [5, 5.41) is 22.2. The van der Waals surface area contributed by atoms with E-state index in [1.807, 2.05) is 0 Å². The highest BCUT2D eigenvalue weighted by atomic mass is 16.6. The van der Waals surface area contributed by atoms with Crippen LogP contribution in [0.1, 0.15) is 27.2 Å². The van der Waals surface area contributed by atoms with Gasteiger partial charge >= 0.3 is 5.97 Å². The largest absolute Gasteiger partial charge is 0.459 e. The fourth-order valence-corrected chi connectivity index (χ4v) is 1.14. The molecule has 17 heavy (non-hydrogen) atoms. The molecule has 0 saturated heterocycles. The molecule has 0 radical (unpaired) electrons. The fourth-order valence-electron chi connectivity index (χ4n) is 1.14. The van der Waals surface area contributed by atoms with E-state index in [1.54, 1.807) is 6.92 Å². The van der Waals surface area contributed by atoms with Gasteiger partial charge in [0.15, 0.2) is 0 Å². The SMILES string of the molecule is CCC(=CC(COC(C)=O)=NO)C(C)[N+](=O)[O-]. The van der Waals surface area contributed by atoms with Gasteiger partial charge in [-0.2, -0.15) is 0 Å². The highest BCUT2D eigenvalue weighted by Crippen LogP contribution is 2.10. The minimum atomic E-state index is -0.867. The van der Waals surface area contributed by atoms with Crippen molar-refractivity contribution in [1.29, 1.82) is 0 Å². The molecule has 0 fully saturated rings. The first kappa shape index (κ1) is 15.1. The van der Waals surface area contributed by atoms with Gasteiger partial charge in [-0.05, 0) is 12.5 Å². The molecule has 0 aliphatic rings. The monoisotopic (exact) mass is 244 g/mol. The summed E-state index contributed by atoms with van der Waals surface area (Å²) in [4.78, 5) is 20.8. The topological polar surface area (TPSA) is 102 Å². The van der Waals surface area contributed by atoms with E-state index in [-0.39, 0.29) is 12.3 Å². The Balaban J connectivity index is 4.79. The van der Waals surface area contributed by atoms with Crippen molar-refractivity contribution < 1.29 is 19.7 Å². The average molecular weight is 244 g/mol. The highest BCUT2D eigenvalue weighted by molar-refractivity contribution is 5.97. The van der Waals surface area contributed by atoms with Crippen LogP contribution in [-0.2, 0) is 9.53 Å². The summed E-state index contributed by atoms with van der Waals surface area (Å²) in [6.45, 7) is 4.21. The van der Waals surface area contributed by atoms with Crippen LogP contribution in [0.3, 0.4) is 0 Å². The Morgan fingerprint density at radius 3 is 2.59 bits per heavy atom. The third kappa shape index (κ3) is 5.64. The van der Waals surface area contributed by atoms with Gasteiger partial charge in [0, 0.05) is 24.3 Å². The third-order valence-corrected chi connectivity index (χ3v) is 2.16. The number of esters is 1. The summed E-state index contributed by atoms with van der Waals surface area (Å²) >= 11 is 0. The molecule has 7 nitrogen and oxygen atoms in total. The lowest BCUT2D eigenvalue weighted by molar-refractivity contribution is -0.507. The number of hydrogen-bond acceptors (Lipinski definition) is 6. The number of ether oxygens (including phenoxy) is 1. The van der Waals surface area contributed by atoms with Crippen LogP contribution in [0.25, 0.3) is 0 Å². The zero-order valence-electron chi connectivity index (χ0n) is 10.0.